The molecule has 2 heteroatoms. The molecule has 0 saturated heterocycles. The fourth-order valence-electron chi connectivity index (χ4n) is 1.93. The van der Waals surface area contributed by atoms with Crippen LogP contribution in [0.5, 0.6) is 5.75 Å². The molecular formula is C16H27NO. The van der Waals surface area contributed by atoms with Crippen LogP contribution in [0.15, 0.2) is 18.2 Å². The van der Waals surface area contributed by atoms with Crippen LogP contribution in [0.4, 0.5) is 0 Å². The summed E-state index contributed by atoms with van der Waals surface area (Å²) in [4.78, 5) is 0. The molecule has 0 aromatic heterocycles. The fourth-order valence-corrected chi connectivity index (χ4v) is 1.93. The minimum Gasteiger partial charge on any atom is -0.493 e. The predicted octanol–water partition coefficient (Wildman–Crippen LogP) is 3.74. The molecule has 0 heterocycles. The Morgan fingerprint density at radius 1 is 1.22 bits per heavy atom. The highest BCUT2D eigenvalue weighted by atomic mass is 16.5. The van der Waals surface area contributed by atoms with Crippen molar-refractivity contribution in [1.82, 2.24) is 5.32 Å². The third-order valence-corrected chi connectivity index (χ3v) is 3.06. The number of hydrogen-bond acceptors (Lipinski definition) is 2. The van der Waals surface area contributed by atoms with Gasteiger partial charge in [0.05, 0.1) is 6.61 Å². The first-order chi connectivity index (χ1) is 8.54. The maximum absolute atomic E-state index is 6.00. The summed E-state index contributed by atoms with van der Waals surface area (Å²) in [5.74, 6) is 2.09. The van der Waals surface area contributed by atoms with E-state index in [0.29, 0.717) is 11.8 Å². The van der Waals surface area contributed by atoms with Crippen LogP contribution in [0.2, 0.25) is 0 Å². The van der Waals surface area contributed by atoms with Crippen molar-refractivity contribution in [2.45, 2.75) is 40.5 Å². The van der Waals surface area contributed by atoms with Gasteiger partial charge in [-0.25, -0.2) is 0 Å². The van der Waals surface area contributed by atoms with Crippen molar-refractivity contribution < 1.29 is 4.74 Å². The van der Waals surface area contributed by atoms with Crippen LogP contribution in [0.25, 0.3) is 0 Å². The smallest absolute Gasteiger partial charge is 0.123 e. The van der Waals surface area contributed by atoms with Gasteiger partial charge in [0.1, 0.15) is 5.75 Å². The number of rotatable bonds is 7. The zero-order chi connectivity index (χ0) is 13.5. The summed E-state index contributed by atoms with van der Waals surface area (Å²) in [7, 11) is 0. The molecule has 0 aliphatic carbocycles. The molecular weight excluding hydrogens is 222 g/mol. The van der Waals surface area contributed by atoms with Crippen LogP contribution < -0.4 is 10.1 Å². The lowest BCUT2D eigenvalue weighted by Gasteiger charge is -2.18. The van der Waals surface area contributed by atoms with Gasteiger partial charge in [0.25, 0.3) is 0 Å². The second-order valence-corrected chi connectivity index (χ2v) is 5.42. The van der Waals surface area contributed by atoms with Crippen LogP contribution in [-0.4, -0.2) is 19.7 Å². The summed E-state index contributed by atoms with van der Waals surface area (Å²) in [6.45, 7) is 13.7. The average Bonchev–Trinajstić information content (AvgIpc) is 2.33. The fraction of sp³-hybridized carbons (Fsp3) is 0.625. The van der Waals surface area contributed by atoms with E-state index in [1.54, 1.807) is 0 Å². The van der Waals surface area contributed by atoms with Crippen molar-refractivity contribution >= 4 is 0 Å². The molecule has 1 N–H and O–H groups in total. The van der Waals surface area contributed by atoms with Crippen molar-refractivity contribution in [2.75, 3.05) is 19.7 Å². The van der Waals surface area contributed by atoms with Gasteiger partial charge in [-0.2, -0.15) is 0 Å². The molecule has 0 bridgehead atoms. The first-order valence-electron chi connectivity index (χ1n) is 6.98. The SMILES string of the molecule is CCNCC(C)COc1cc(C)ccc1C(C)C. The summed E-state index contributed by atoms with van der Waals surface area (Å²) in [6.07, 6.45) is 0. The number of hydrogen-bond donors (Lipinski definition) is 1. The summed E-state index contributed by atoms with van der Waals surface area (Å²) in [5.41, 5.74) is 2.56. The van der Waals surface area contributed by atoms with Crippen molar-refractivity contribution in [3.8, 4) is 5.75 Å². The van der Waals surface area contributed by atoms with Gasteiger partial charge in [-0.05, 0) is 36.6 Å². The largest absolute Gasteiger partial charge is 0.493 e. The second-order valence-electron chi connectivity index (χ2n) is 5.42. The van der Waals surface area contributed by atoms with Crippen LogP contribution in [0.3, 0.4) is 0 Å². The minimum absolute atomic E-state index is 0.504. The van der Waals surface area contributed by atoms with E-state index in [9.17, 15) is 0 Å². The number of nitrogens with one attached hydrogen (secondary N) is 1. The highest BCUT2D eigenvalue weighted by Crippen LogP contribution is 2.27. The average molecular weight is 249 g/mol. The highest BCUT2D eigenvalue weighted by Gasteiger charge is 2.09. The first kappa shape index (κ1) is 15.0. The van der Waals surface area contributed by atoms with E-state index in [1.165, 1.54) is 11.1 Å². The van der Waals surface area contributed by atoms with Crippen molar-refractivity contribution in [2.24, 2.45) is 5.92 Å². The molecule has 0 radical (unpaired) electrons. The molecule has 2 nitrogen and oxygen atoms in total. The van der Waals surface area contributed by atoms with E-state index >= 15 is 0 Å². The molecule has 0 fully saturated rings. The maximum atomic E-state index is 6.00. The zero-order valence-corrected chi connectivity index (χ0v) is 12.4. The van der Waals surface area contributed by atoms with Gasteiger partial charge in [-0.3, -0.25) is 0 Å². The standard InChI is InChI=1S/C16H27NO/c1-6-17-10-14(5)11-18-16-9-13(4)7-8-15(16)12(2)3/h7-9,12,14,17H,6,10-11H2,1-5H3. The Kier molecular flexibility index (Phi) is 6.20. The van der Waals surface area contributed by atoms with E-state index in [2.05, 4.69) is 58.1 Å². The molecule has 1 aromatic carbocycles. The third-order valence-electron chi connectivity index (χ3n) is 3.06. The summed E-state index contributed by atoms with van der Waals surface area (Å²) >= 11 is 0. The van der Waals surface area contributed by atoms with Crippen molar-refractivity contribution in [3.63, 3.8) is 0 Å². The molecule has 0 aliphatic rings. The molecule has 0 spiro atoms. The normalized spacial score (nSPS) is 12.8. The number of ether oxygens (including phenoxy) is 1. The number of benzene rings is 1. The van der Waals surface area contributed by atoms with E-state index in [1.807, 2.05) is 0 Å². The van der Waals surface area contributed by atoms with Gasteiger partial charge >= 0.3 is 0 Å². The Labute approximate surface area is 112 Å². The number of aryl methyl sites for hydroxylation is 1. The van der Waals surface area contributed by atoms with E-state index in [-0.39, 0.29) is 0 Å². The van der Waals surface area contributed by atoms with Crippen LogP contribution in [-0.2, 0) is 0 Å². The van der Waals surface area contributed by atoms with Crippen LogP contribution in [0, 0.1) is 12.8 Å². The van der Waals surface area contributed by atoms with Gasteiger partial charge < -0.3 is 10.1 Å². The molecule has 0 aliphatic heterocycles. The Morgan fingerprint density at radius 2 is 1.94 bits per heavy atom. The first-order valence-corrected chi connectivity index (χ1v) is 6.98. The van der Waals surface area contributed by atoms with Crippen molar-refractivity contribution in [1.29, 1.82) is 0 Å². The monoisotopic (exact) mass is 249 g/mol. The maximum Gasteiger partial charge on any atom is 0.123 e. The molecule has 1 atom stereocenters. The lowest BCUT2D eigenvalue weighted by Crippen LogP contribution is -2.24. The Morgan fingerprint density at radius 3 is 2.56 bits per heavy atom. The van der Waals surface area contributed by atoms with Gasteiger partial charge in [0.15, 0.2) is 0 Å². The Bertz CT molecular complexity index is 360. The molecule has 18 heavy (non-hydrogen) atoms. The molecule has 0 amide bonds. The van der Waals surface area contributed by atoms with Crippen molar-refractivity contribution in [3.05, 3.63) is 29.3 Å². The van der Waals surface area contributed by atoms with Crippen LogP contribution >= 0.6 is 0 Å². The molecule has 1 aromatic rings. The van der Waals surface area contributed by atoms with Gasteiger partial charge in [-0.15, -0.1) is 0 Å². The lowest BCUT2D eigenvalue weighted by atomic mass is 10.0. The molecule has 1 rings (SSSR count). The van der Waals surface area contributed by atoms with Gasteiger partial charge in [-0.1, -0.05) is 39.8 Å². The third kappa shape index (κ3) is 4.69. The van der Waals surface area contributed by atoms with E-state index < -0.39 is 0 Å². The highest BCUT2D eigenvalue weighted by molar-refractivity contribution is 5.39. The Balaban J connectivity index is 2.62. The topological polar surface area (TPSA) is 21.3 Å². The second kappa shape index (κ2) is 7.42. The minimum atomic E-state index is 0.504. The van der Waals surface area contributed by atoms with E-state index in [0.717, 1.165) is 25.4 Å². The zero-order valence-electron chi connectivity index (χ0n) is 12.4. The van der Waals surface area contributed by atoms with Gasteiger partial charge in [0, 0.05) is 12.5 Å². The van der Waals surface area contributed by atoms with E-state index in [4.69, 9.17) is 4.74 Å². The summed E-state index contributed by atoms with van der Waals surface area (Å²) < 4.78 is 6.00. The molecule has 102 valence electrons. The lowest BCUT2D eigenvalue weighted by molar-refractivity contribution is 0.253. The summed E-state index contributed by atoms with van der Waals surface area (Å²) in [6, 6.07) is 6.49. The van der Waals surface area contributed by atoms with Crippen LogP contribution in [0.1, 0.15) is 44.7 Å². The predicted molar refractivity (Wildman–Crippen MR) is 78.5 cm³/mol. The summed E-state index contributed by atoms with van der Waals surface area (Å²) in [5, 5.41) is 3.35. The Hall–Kier alpha value is -1.02. The molecule has 0 saturated carbocycles. The molecule has 1 unspecified atom stereocenters. The quantitative estimate of drug-likeness (QED) is 0.795. The van der Waals surface area contributed by atoms with Gasteiger partial charge in [0.2, 0.25) is 0 Å².